The molecule has 146 valence electrons. The van der Waals surface area contributed by atoms with Crippen molar-refractivity contribution in [2.45, 2.75) is 148 Å². The van der Waals surface area contributed by atoms with Crippen LogP contribution in [0.2, 0.25) is 0 Å². The summed E-state index contributed by atoms with van der Waals surface area (Å²) in [6.45, 7) is 29.9. The second-order valence-electron chi connectivity index (χ2n) is 5.24. The van der Waals surface area contributed by atoms with Gasteiger partial charge in [-0.15, -0.1) is 0 Å². The molecular formula is C22H58. The summed E-state index contributed by atoms with van der Waals surface area (Å²) in [5, 5.41) is 0. The third kappa shape index (κ3) is 7220. The Morgan fingerprint density at radius 3 is 0.273 bits per heavy atom. The van der Waals surface area contributed by atoms with Crippen molar-refractivity contribution >= 4 is 0 Å². The molecule has 0 bridgehead atoms. The molecule has 0 aromatic rings. The standard InChI is InChI=1S/C4H10.6C3H8/c1-3-4-2;6*1-3-2/h3-4H2,1-2H3;6*3H2,1-2H3. The van der Waals surface area contributed by atoms with Crippen molar-refractivity contribution in [3.05, 3.63) is 0 Å². The molecule has 0 aromatic carbocycles. The molecule has 0 radical (unpaired) electrons. The fourth-order valence-corrected chi connectivity index (χ4v) is 0. The quantitative estimate of drug-likeness (QED) is 0.450. The van der Waals surface area contributed by atoms with E-state index < -0.39 is 0 Å². The molecule has 0 atom stereocenters. The molecule has 0 fully saturated rings. The number of hydrogen-bond donors (Lipinski definition) is 0. The van der Waals surface area contributed by atoms with Crippen LogP contribution in [0.5, 0.6) is 0 Å². The molecule has 0 heteroatoms. The average molecular weight is 323 g/mol. The van der Waals surface area contributed by atoms with Crippen molar-refractivity contribution in [1.29, 1.82) is 0 Å². The first-order valence-corrected chi connectivity index (χ1v) is 10.4. The van der Waals surface area contributed by atoms with Gasteiger partial charge in [0.15, 0.2) is 0 Å². The lowest BCUT2D eigenvalue weighted by molar-refractivity contribution is 0.886. The minimum absolute atomic E-state index is 1.25. The highest BCUT2D eigenvalue weighted by molar-refractivity contribution is 4.12. The number of unbranched alkanes of at least 4 members (excludes halogenated alkanes) is 1. The third-order valence-corrected chi connectivity index (χ3v) is 0.500. The van der Waals surface area contributed by atoms with Crippen LogP contribution in [0, 0.1) is 0 Å². The summed E-state index contributed by atoms with van der Waals surface area (Å²) < 4.78 is 0. The van der Waals surface area contributed by atoms with Gasteiger partial charge in [0.25, 0.3) is 0 Å². The Morgan fingerprint density at radius 1 is 0.227 bits per heavy atom. The number of rotatable bonds is 1. The van der Waals surface area contributed by atoms with Gasteiger partial charge in [0.2, 0.25) is 0 Å². The lowest BCUT2D eigenvalue weighted by atomic mass is 10.4. The van der Waals surface area contributed by atoms with Crippen LogP contribution in [0.1, 0.15) is 148 Å². The highest BCUT2D eigenvalue weighted by Gasteiger charge is 1.56. The normalized spacial score (nSPS) is 6.27. The Labute approximate surface area is 148 Å². The van der Waals surface area contributed by atoms with E-state index in [4.69, 9.17) is 0 Å². The summed E-state index contributed by atoms with van der Waals surface area (Å²) in [5.41, 5.74) is 0. The van der Waals surface area contributed by atoms with Crippen LogP contribution in [0.25, 0.3) is 0 Å². The lowest BCUT2D eigenvalue weighted by Gasteiger charge is -1.68. The summed E-state index contributed by atoms with van der Waals surface area (Å²) in [5.74, 6) is 0. The summed E-state index contributed by atoms with van der Waals surface area (Å²) in [6.07, 6.45) is 10.1. The first-order chi connectivity index (χ1) is 10.4. The van der Waals surface area contributed by atoms with E-state index in [9.17, 15) is 0 Å². The maximum absolute atomic E-state index is 2.18. The Balaban J connectivity index is -0.0000000239. The number of hydrogen-bond acceptors (Lipinski definition) is 0. The van der Waals surface area contributed by atoms with Crippen molar-refractivity contribution < 1.29 is 0 Å². The fourth-order valence-electron chi connectivity index (χ4n) is 0. The van der Waals surface area contributed by atoms with Crippen molar-refractivity contribution in [2.75, 3.05) is 0 Å². The topological polar surface area (TPSA) is 0 Å². The van der Waals surface area contributed by atoms with Gasteiger partial charge in [0.05, 0.1) is 0 Å². The van der Waals surface area contributed by atoms with Gasteiger partial charge in [-0.25, -0.2) is 0 Å². The minimum atomic E-state index is 1.25. The fraction of sp³-hybridized carbons (Fsp3) is 1.00. The Kier molecular flexibility index (Phi) is 257. The highest BCUT2D eigenvalue weighted by Crippen LogP contribution is 1.76. The molecule has 0 saturated carbocycles. The Morgan fingerprint density at radius 2 is 0.273 bits per heavy atom. The maximum Gasteiger partial charge on any atom is -0.0564 e. The molecule has 0 spiro atoms. The van der Waals surface area contributed by atoms with E-state index in [1.807, 2.05) is 0 Å². The van der Waals surface area contributed by atoms with E-state index >= 15 is 0 Å². The molecule has 0 saturated heterocycles. The zero-order valence-electron chi connectivity index (χ0n) is 19.7. The molecule has 0 aliphatic heterocycles. The van der Waals surface area contributed by atoms with E-state index in [1.54, 1.807) is 0 Å². The van der Waals surface area contributed by atoms with Gasteiger partial charge in [0, 0.05) is 0 Å². The van der Waals surface area contributed by atoms with E-state index in [0.717, 1.165) is 0 Å². The molecule has 22 heavy (non-hydrogen) atoms. The first-order valence-electron chi connectivity index (χ1n) is 10.4. The zero-order chi connectivity index (χ0) is 19.7. The van der Waals surface area contributed by atoms with Gasteiger partial charge in [-0.3, -0.25) is 0 Å². The smallest absolute Gasteiger partial charge is 0.0564 e. The first kappa shape index (κ1) is 43.1. The molecule has 0 rings (SSSR count). The molecule has 0 heterocycles. The van der Waals surface area contributed by atoms with Crippen molar-refractivity contribution in [2.24, 2.45) is 0 Å². The Hall–Kier alpha value is 0. The Bertz CT molecular complexity index is 30.5. The van der Waals surface area contributed by atoms with Gasteiger partial charge >= 0.3 is 0 Å². The maximum atomic E-state index is 2.18. The molecule has 0 amide bonds. The summed E-state index contributed by atoms with van der Waals surface area (Å²) in [7, 11) is 0. The summed E-state index contributed by atoms with van der Waals surface area (Å²) >= 11 is 0. The largest absolute Gasteiger partial charge is 0.0656 e. The summed E-state index contributed by atoms with van der Waals surface area (Å²) in [6, 6.07) is 0. The van der Waals surface area contributed by atoms with Gasteiger partial charge < -0.3 is 0 Å². The molecule has 0 N–H and O–H groups in total. The molecular weight excluding hydrogens is 264 g/mol. The predicted octanol–water partition coefficient (Wildman–Crippen LogP) is 10.3. The van der Waals surface area contributed by atoms with Crippen molar-refractivity contribution in [3.8, 4) is 0 Å². The van der Waals surface area contributed by atoms with E-state index in [2.05, 4.69) is 96.9 Å². The monoisotopic (exact) mass is 322 g/mol. The second-order valence-corrected chi connectivity index (χ2v) is 5.24. The van der Waals surface area contributed by atoms with Crippen LogP contribution in [0.3, 0.4) is 0 Å². The highest BCUT2D eigenvalue weighted by atomic mass is 13.6. The molecule has 0 aromatic heterocycles. The van der Waals surface area contributed by atoms with Gasteiger partial charge in [0.1, 0.15) is 0 Å². The van der Waals surface area contributed by atoms with Crippen LogP contribution in [-0.4, -0.2) is 0 Å². The van der Waals surface area contributed by atoms with Gasteiger partial charge in [-0.1, -0.05) is 148 Å². The van der Waals surface area contributed by atoms with Crippen molar-refractivity contribution in [3.63, 3.8) is 0 Å². The molecule has 0 aliphatic carbocycles. The SMILES string of the molecule is CCC.CCC.CCC.CCC.CCC.CCC.CCCC. The van der Waals surface area contributed by atoms with E-state index in [-0.39, 0.29) is 0 Å². The second kappa shape index (κ2) is 131. The average Bonchev–Trinajstić information content (AvgIpc) is 2.44. The molecule has 0 aliphatic rings. The third-order valence-electron chi connectivity index (χ3n) is 0.500. The van der Waals surface area contributed by atoms with Gasteiger partial charge in [-0.05, 0) is 0 Å². The van der Waals surface area contributed by atoms with E-state index in [1.165, 1.54) is 51.4 Å². The van der Waals surface area contributed by atoms with E-state index in [0.29, 0.717) is 0 Å². The van der Waals surface area contributed by atoms with Gasteiger partial charge in [-0.2, -0.15) is 0 Å². The molecule has 0 unspecified atom stereocenters. The zero-order valence-corrected chi connectivity index (χ0v) is 19.7. The predicted molar refractivity (Wildman–Crippen MR) is 116 cm³/mol. The molecule has 0 nitrogen and oxygen atoms in total. The lowest BCUT2D eigenvalue weighted by Crippen LogP contribution is -1.47. The van der Waals surface area contributed by atoms with Crippen LogP contribution in [0.4, 0.5) is 0 Å². The van der Waals surface area contributed by atoms with Crippen LogP contribution in [-0.2, 0) is 0 Å². The van der Waals surface area contributed by atoms with Crippen molar-refractivity contribution in [1.82, 2.24) is 0 Å². The van der Waals surface area contributed by atoms with Crippen LogP contribution >= 0.6 is 0 Å². The summed E-state index contributed by atoms with van der Waals surface area (Å²) in [4.78, 5) is 0. The van der Waals surface area contributed by atoms with Crippen LogP contribution < -0.4 is 0 Å². The minimum Gasteiger partial charge on any atom is -0.0656 e. The van der Waals surface area contributed by atoms with Crippen LogP contribution in [0.15, 0.2) is 0 Å².